The summed E-state index contributed by atoms with van der Waals surface area (Å²) in [6, 6.07) is 8.57. The van der Waals surface area contributed by atoms with Gasteiger partial charge in [-0.3, -0.25) is 4.79 Å². The third kappa shape index (κ3) is 6.86. The van der Waals surface area contributed by atoms with Crippen molar-refractivity contribution in [1.82, 2.24) is 5.32 Å². The van der Waals surface area contributed by atoms with Crippen LogP contribution in [0.2, 0.25) is 0 Å². The minimum Gasteiger partial charge on any atom is -0.489 e. The smallest absolute Gasteiger partial charge is 0.250 e. The molecule has 7 nitrogen and oxygen atoms in total. The molecule has 1 atom stereocenters. The summed E-state index contributed by atoms with van der Waals surface area (Å²) in [5, 5.41) is 12.6. The average Bonchev–Trinajstić information content (AvgIpc) is 3.57. The van der Waals surface area contributed by atoms with E-state index in [9.17, 15) is 9.18 Å². The molecule has 2 aromatic rings. The van der Waals surface area contributed by atoms with Crippen molar-refractivity contribution < 1.29 is 23.8 Å². The van der Waals surface area contributed by atoms with Crippen molar-refractivity contribution in [3.63, 3.8) is 0 Å². The second-order valence-electron chi connectivity index (χ2n) is 9.58. The fraction of sp³-hybridized carbons (Fsp3) is 0.519. The molecule has 0 spiro atoms. The van der Waals surface area contributed by atoms with Gasteiger partial charge >= 0.3 is 0 Å². The summed E-state index contributed by atoms with van der Waals surface area (Å²) in [7, 11) is 0. The third-order valence-corrected chi connectivity index (χ3v) is 6.54. The van der Waals surface area contributed by atoms with Crippen LogP contribution in [0.25, 0.3) is 0 Å². The minimum absolute atomic E-state index is 0.122. The van der Waals surface area contributed by atoms with Gasteiger partial charge in [-0.25, -0.2) is 4.39 Å². The number of nitrogens with one attached hydrogen (secondary N) is 1. The van der Waals surface area contributed by atoms with Crippen molar-refractivity contribution >= 4 is 11.6 Å². The van der Waals surface area contributed by atoms with Gasteiger partial charge in [0, 0.05) is 38.3 Å². The SMILES string of the molecule is CC(Cc1cc2c(c(C(N)=O)c1)N(CCCO)CC2)NCCOc1cc(F)ccc1OCC1CC1. The number of fused-ring (bicyclic) bond motifs is 1. The molecule has 1 fully saturated rings. The minimum atomic E-state index is -0.428. The Morgan fingerprint density at radius 2 is 2.09 bits per heavy atom. The summed E-state index contributed by atoms with van der Waals surface area (Å²) < 4.78 is 25.3. The number of anilines is 1. The van der Waals surface area contributed by atoms with E-state index in [0.717, 1.165) is 36.2 Å². The summed E-state index contributed by atoms with van der Waals surface area (Å²) in [6.45, 7) is 5.35. The van der Waals surface area contributed by atoms with Crippen LogP contribution in [0.1, 0.15) is 47.7 Å². The van der Waals surface area contributed by atoms with E-state index in [1.54, 1.807) is 6.07 Å². The van der Waals surface area contributed by atoms with Gasteiger partial charge in [0.2, 0.25) is 0 Å². The summed E-state index contributed by atoms with van der Waals surface area (Å²) >= 11 is 0. The number of aliphatic hydroxyl groups is 1. The average molecular weight is 486 g/mol. The van der Waals surface area contributed by atoms with E-state index in [-0.39, 0.29) is 18.5 Å². The van der Waals surface area contributed by atoms with Crippen molar-refractivity contribution in [3.05, 3.63) is 52.8 Å². The predicted molar refractivity (Wildman–Crippen MR) is 134 cm³/mol. The molecule has 2 aliphatic rings. The molecule has 0 bridgehead atoms. The normalized spacial score (nSPS) is 15.7. The predicted octanol–water partition coefficient (Wildman–Crippen LogP) is 3.06. The van der Waals surface area contributed by atoms with Gasteiger partial charge in [0.05, 0.1) is 17.9 Å². The second-order valence-corrected chi connectivity index (χ2v) is 9.58. The molecule has 1 heterocycles. The van der Waals surface area contributed by atoms with Gasteiger partial charge in [0.15, 0.2) is 11.5 Å². The van der Waals surface area contributed by atoms with Crippen molar-refractivity contribution in [2.75, 3.05) is 44.4 Å². The fourth-order valence-electron chi connectivity index (χ4n) is 4.58. The highest BCUT2D eigenvalue weighted by Crippen LogP contribution is 2.34. The molecule has 4 N–H and O–H groups in total. The molecular weight excluding hydrogens is 449 g/mol. The van der Waals surface area contributed by atoms with Crippen molar-refractivity contribution in [2.24, 2.45) is 11.7 Å². The lowest BCUT2D eigenvalue weighted by molar-refractivity contribution is 0.100. The molecule has 4 rings (SSSR count). The summed E-state index contributed by atoms with van der Waals surface area (Å²) in [6.07, 6.45) is 4.63. The maximum Gasteiger partial charge on any atom is 0.250 e. The van der Waals surface area contributed by atoms with Crippen LogP contribution >= 0.6 is 0 Å². The van der Waals surface area contributed by atoms with E-state index in [2.05, 4.69) is 23.2 Å². The second kappa shape index (κ2) is 11.7. The van der Waals surface area contributed by atoms with Crippen molar-refractivity contribution in [3.8, 4) is 11.5 Å². The first kappa shape index (κ1) is 25.3. The van der Waals surface area contributed by atoms with E-state index >= 15 is 0 Å². The summed E-state index contributed by atoms with van der Waals surface area (Å²) in [5.74, 6) is 0.833. The zero-order valence-corrected chi connectivity index (χ0v) is 20.4. The van der Waals surface area contributed by atoms with Crippen LogP contribution in [0, 0.1) is 11.7 Å². The number of ether oxygens (including phenoxy) is 2. The number of hydrogen-bond acceptors (Lipinski definition) is 6. The first-order valence-electron chi connectivity index (χ1n) is 12.5. The molecule has 2 aromatic carbocycles. The number of rotatable bonds is 14. The molecule has 35 heavy (non-hydrogen) atoms. The molecule has 1 amide bonds. The lowest BCUT2D eigenvalue weighted by Crippen LogP contribution is -2.32. The summed E-state index contributed by atoms with van der Waals surface area (Å²) in [5.41, 5.74) is 9.37. The standard InChI is InChI=1S/C27H36FN3O4/c1-18(30-8-12-34-25-16-22(28)5-6-24(25)35-17-19-3-4-19)13-20-14-21-7-10-31(9-2-11-32)26(21)23(15-20)27(29)33/h5-6,14-16,18-19,30,32H,2-4,7-13,17H2,1H3,(H2,29,33). The molecule has 0 saturated heterocycles. The number of nitrogens with two attached hydrogens (primary N) is 1. The number of halogens is 1. The Morgan fingerprint density at radius 1 is 1.26 bits per heavy atom. The number of amides is 1. The molecule has 1 aliphatic carbocycles. The van der Waals surface area contributed by atoms with Gasteiger partial charge in [-0.05, 0) is 74.3 Å². The van der Waals surface area contributed by atoms with E-state index in [1.807, 2.05) is 6.07 Å². The quantitative estimate of drug-likeness (QED) is 0.356. The van der Waals surface area contributed by atoms with Crippen molar-refractivity contribution in [1.29, 1.82) is 0 Å². The Kier molecular flexibility index (Phi) is 8.46. The van der Waals surface area contributed by atoms with Gasteiger partial charge in [-0.15, -0.1) is 0 Å². The molecular formula is C27H36FN3O4. The molecule has 0 aromatic heterocycles. The monoisotopic (exact) mass is 485 g/mol. The first-order valence-corrected chi connectivity index (χ1v) is 12.5. The summed E-state index contributed by atoms with van der Waals surface area (Å²) in [4.78, 5) is 14.3. The number of aliphatic hydroxyl groups excluding tert-OH is 1. The van der Waals surface area contributed by atoms with E-state index < -0.39 is 5.91 Å². The lowest BCUT2D eigenvalue weighted by atomic mass is 9.98. The topological polar surface area (TPSA) is 97.1 Å². The number of nitrogens with zero attached hydrogens (tertiary/aromatic N) is 1. The largest absolute Gasteiger partial charge is 0.489 e. The highest BCUT2D eigenvalue weighted by Gasteiger charge is 2.25. The van der Waals surface area contributed by atoms with Crippen LogP contribution < -0.4 is 25.4 Å². The van der Waals surface area contributed by atoms with E-state index in [4.69, 9.17) is 20.3 Å². The first-order chi connectivity index (χ1) is 16.9. The molecule has 8 heteroatoms. The van der Waals surface area contributed by atoms with Crippen LogP contribution in [0.3, 0.4) is 0 Å². The van der Waals surface area contributed by atoms with Crippen LogP contribution in [-0.2, 0) is 12.8 Å². The van der Waals surface area contributed by atoms with Crippen LogP contribution in [0.4, 0.5) is 10.1 Å². The number of carbonyl (C=O) groups is 1. The van der Waals surface area contributed by atoms with Crippen molar-refractivity contribution in [2.45, 2.75) is 45.1 Å². The Balaban J connectivity index is 1.30. The Hall–Kier alpha value is -2.84. The zero-order chi connectivity index (χ0) is 24.8. The number of carbonyl (C=O) groups excluding carboxylic acids is 1. The highest BCUT2D eigenvalue weighted by atomic mass is 19.1. The van der Waals surface area contributed by atoms with Gasteiger partial charge in [0.25, 0.3) is 5.91 Å². The number of hydrogen-bond donors (Lipinski definition) is 3. The number of benzene rings is 2. The Bertz CT molecular complexity index is 1030. The van der Waals surface area contributed by atoms with Crippen LogP contribution in [0.5, 0.6) is 11.5 Å². The van der Waals surface area contributed by atoms with E-state index in [0.29, 0.717) is 55.7 Å². The third-order valence-electron chi connectivity index (χ3n) is 6.54. The van der Waals surface area contributed by atoms with Crippen LogP contribution in [-0.4, -0.2) is 56.5 Å². The maximum absolute atomic E-state index is 13.7. The number of primary amides is 1. The maximum atomic E-state index is 13.7. The fourth-order valence-corrected chi connectivity index (χ4v) is 4.58. The molecule has 1 aliphatic heterocycles. The molecule has 1 saturated carbocycles. The molecule has 190 valence electrons. The molecule has 1 unspecified atom stereocenters. The van der Waals surface area contributed by atoms with Gasteiger partial charge < -0.3 is 30.5 Å². The van der Waals surface area contributed by atoms with Gasteiger partial charge in [0.1, 0.15) is 12.4 Å². The molecule has 0 radical (unpaired) electrons. The van der Waals surface area contributed by atoms with Gasteiger partial charge in [-0.2, -0.15) is 0 Å². The lowest BCUT2D eigenvalue weighted by Gasteiger charge is -2.22. The highest BCUT2D eigenvalue weighted by molar-refractivity contribution is 6.00. The van der Waals surface area contributed by atoms with E-state index in [1.165, 1.54) is 25.0 Å². The zero-order valence-electron chi connectivity index (χ0n) is 20.4. The van der Waals surface area contributed by atoms with Crippen LogP contribution in [0.15, 0.2) is 30.3 Å². The Morgan fingerprint density at radius 3 is 2.83 bits per heavy atom. The van der Waals surface area contributed by atoms with Gasteiger partial charge in [-0.1, -0.05) is 6.07 Å². The Labute approximate surface area is 206 Å².